The Balaban J connectivity index is 1.64. The maximum Gasteiger partial charge on any atom is 0.253 e. The number of pyridine rings is 1. The van der Waals surface area contributed by atoms with Crippen LogP contribution < -0.4 is 10.9 Å². The molecular formula is C19H19BrN4O2. The third kappa shape index (κ3) is 3.07. The molecule has 7 heteroatoms. The number of rotatable bonds is 4. The van der Waals surface area contributed by atoms with Gasteiger partial charge < -0.3 is 10.3 Å². The maximum absolute atomic E-state index is 12.8. The van der Waals surface area contributed by atoms with Gasteiger partial charge in [0, 0.05) is 27.7 Å². The largest absolute Gasteiger partial charge is 0.348 e. The minimum absolute atomic E-state index is 0.163. The molecule has 2 heterocycles. The smallest absolute Gasteiger partial charge is 0.253 e. The van der Waals surface area contributed by atoms with Gasteiger partial charge in [0.2, 0.25) is 0 Å². The van der Waals surface area contributed by atoms with E-state index in [1.807, 2.05) is 30.7 Å². The molecule has 0 atom stereocenters. The zero-order valence-corrected chi connectivity index (χ0v) is 16.2. The molecule has 3 aromatic rings. The highest BCUT2D eigenvalue weighted by Gasteiger charge is 2.27. The number of carbonyl (C=O) groups is 1. The molecule has 26 heavy (non-hydrogen) atoms. The van der Waals surface area contributed by atoms with Crippen LogP contribution in [0, 0.1) is 13.8 Å². The van der Waals surface area contributed by atoms with E-state index in [4.69, 9.17) is 0 Å². The minimum atomic E-state index is -0.217. The van der Waals surface area contributed by atoms with Crippen molar-refractivity contribution in [3.8, 4) is 0 Å². The van der Waals surface area contributed by atoms with Crippen molar-refractivity contribution in [1.29, 1.82) is 0 Å². The number of halogens is 1. The molecule has 1 aromatic carbocycles. The number of nitrogens with one attached hydrogen (secondary N) is 2. The van der Waals surface area contributed by atoms with Crippen LogP contribution in [0.2, 0.25) is 0 Å². The number of amides is 1. The molecule has 1 amide bonds. The van der Waals surface area contributed by atoms with Gasteiger partial charge in [-0.2, -0.15) is 5.10 Å². The van der Waals surface area contributed by atoms with Crippen LogP contribution in [0.1, 0.15) is 46.1 Å². The predicted octanol–water partition coefficient (Wildman–Crippen LogP) is 3.37. The van der Waals surface area contributed by atoms with Gasteiger partial charge in [-0.25, -0.2) is 0 Å². The van der Waals surface area contributed by atoms with Gasteiger partial charge in [-0.3, -0.25) is 14.3 Å². The standard InChI is InChI=1S/C19H19BrN4O2/c1-10-5-11(2)23-19(26)15(10)8-21-18(25)14-6-12(20)7-17-16(14)9-22-24(17)13-3-4-13/h5-7,9,13H,3-4,8H2,1-2H3,(H,21,25)(H,23,26). The van der Waals surface area contributed by atoms with E-state index in [2.05, 4.69) is 31.3 Å². The lowest BCUT2D eigenvalue weighted by Gasteiger charge is -2.10. The molecule has 0 radical (unpaired) electrons. The number of aryl methyl sites for hydroxylation is 2. The minimum Gasteiger partial charge on any atom is -0.348 e. The summed E-state index contributed by atoms with van der Waals surface area (Å²) in [7, 11) is 0. The third-order valence-electron chi connectivity index (χ3n) is 4.74. The summed E-state index contributed by atoms with van der Waals surface area (Å²) in [6, 6.07) is 6.13. The number of nitrogens with zero attached hydrogens (tertiary/aromatic N) is 2. The van der Waals surface area contributed by atoms with Crippen LogP contribution >= 0.6 is 15.9 Å². The van der Waals surface area contributed by atoms with Crippen molar-refractivity contribution >= 4 is 32.7 Å². The van der Waals surface area contributed by atoms with E-state index in [9.17, 15) is 9.59 Å². The Morgan fingerprint density at radius 2 is 2.12 bits per heavy atom. The highest BCUT2D eigenvalue weighted by Crippen LogP contribution is 2.37. The number of benzene rings is 1. The van der Waals surface area contributed by atoms with Crippen molar-refractivity contribution in [2.45, 2.75) is 39.3 Å². The number of fused-ring (bicyclic) bond motifs is 1. The molecule has 1 aliphatic carbocycles. The highest BCUT2D eigenvalue weighted by atomic mass is 79.9. The van der Waals surface area contributed by atoms with Gasteiger partial charge in [-0.05, 0) is 50.5 Å². The fourth-order valence-electron chi connectivity index (χ4n) is 3.27. The summed E-state index contributed by atoms with van der Waals surface area (Å²) >= 11 is 3.49. The summed E-state index contributed by atoms with van der Waals surface area (Å²) in [6.07, 6.45) is 4.00. The monoisotopic (exact) mass is 414 g/mol. The quantitative estimate of drug-likeness (QED) is 0.686. The van der Waals surface area contributed by atoms with Crippen molar-refractivity contribution in [2.24, 2.45) is 0 Å². The SMILES string of the molecule is Cc1cc(C)c(CNC(=O)c2cc(Br)cc3c2cnn3C2CC2)c(=O)[nH]1. The molecule has 4 rings (SSSR count). The van der Waals surface area contributed by atoms with Gasteiger partial charge in [0.25, 0.3) is 11.5 Å². The summed E-state index contributed by atoms with van der Waals surface area (Å²) in [4.78, 5) is 27.7. The first-order valence-corrected chi connectivity index (χ1v) is 9.37. The first kappa shape index (κ1) is 17.0. The molecule has 0 bridgehead atoms. The lowest BCUT2D eigenvalue weighted by molar-refractivity contribution is 0.0952. The van der Waals surface area contributed by atoms with Crippen LogP contribution in [0.4, 0.5) is 0 Å². The first-order valence-electron chi connectivity index (χ1n) is 8.58. The normalized spacial score (nSPS) is 14.0. The van der Waals surface area contributed by atoms with Crippen LogP contribution in [0.5, 0.6) is 0 Å². The number of H-pyrrole nitrogens is 1. The van der Waals surface area contributed by atoms with E-state index < -0.39 is 0 Å². The molecule has 2 aromatic heterocycles. The van der Waals surface area contributed by atoms with E-state index in [1.54, 1.807) is 12.3 Å². The average Bonchev–Trinajstić information content (AvgIpc) is 3.33. The fraction of sp³-hybridized carbons (Fsp3) is 0.316. The molecule has 1 fully saturated rings. The van der Waals surface area contributed by atoms with Gasteiger partial charge in [-0.1, -0.05) is 15.9 Å². The van der Waals surface area contributed by atoms with Crippen LogP contribution in [0.15, 0.2) is 33.7 Å². The van der Waals surface area contributed by atoms with Gasteiger partial charge >= 0.3 is 0 Å². The number of carbonyl (C=O) groups excluding carboxylic acids is 1. The Bertz CT molecular complexity index is 1080. The molecule has 6 nitrogen and oxygen atoms in total. The van der Waals surface area contributed by atoms with Gasteiger partial charge in [-0.15, -0.1) is 0 Å². The summed E-state index contributed by atoms with van der Waals surface area (Å²) in [5.74, 6) is -0.217. The van der Waals surface area contributed by atoms with Crippen molar-refractivity contribution in [2.75, 3.05) is 0 Å². The number of hydrogen-bond donors (Lipinski definition) is 2. The Kier molecular flexibility index (Phi) is 4.19. The van der Waals surface area contributed by atoms with Gasteiger partial charge in [0.1, 0.15) is 0 Å². The molecular weight excluding hydrogens is 396 g/mol. The van der Waals surface area contributed by atoms with Crippen LogP contribution in [-0.4, -0.2) is 20.7 Å². The zero-order valence-electron chi connectivity index (χ0n) is 14.6. The number of aromatic nitrogens is 3. The van der Waals surface area contributed by atoms with Gasteiger partial charge in [0.05, 0.1) is 23.3 Å². The Morgan fingerprint density at radius 1 is 1.35 bits per heavy atom. The second-order valence-corrected chi connectivity index (χ2v) is 7.75. The van der Waals surface area contributed by atoms with Crippen LogP contribution in [0.25, 0.3) is 10.9 Å². The topological polar surface area (TPSA) is 79.8 Å². The van der Waals surface area contributed by atoms with Crippen molar-refractivity contribution in [3.05, 3.63) is 61.6 Å². The van der Waals surface area contributed by atoms with Crippen molar-refractivity contribution in [1.82, 2.24) is 20.1 Å². The van der Waals surface area contributed by atoms with E-state index >= 15 is 0 Å². The Labute approximate surface area is 158 Å². The van der Waals surface area contributed by atoms with E-state index in [-0.39, 0.29) is 18.0 Å². The lowest BCUT2D eigenvalue weighted by atomic mass is 10.1. The highest BCUT2D eigenvalue weighted by molar-refractivity contribution is 9.10. The van der Waals surface area contributed by atoms with E-state index in [0.717, 1.165) is 39.5 Å². The fourth-order valence-corrected chi connectivity index (χ4v) is 3.72. The van der Waals surface area contributed by atoms with Gasteiger partial charge in [0.15, 0.2) is 0 Å². The molecule has 0 saturated heterocycles. The van der Waals surface area contributed by atoms with E-state index in [0.29, 0.717) is 17.2 Å². The number of aromatic amines is 1. The number of hydrogen-bond acceptors (Lipinski definition) is 3. The average molecular weight is 415 g/mol. The summed E-state index contributed by atoms with van der Waals surface area (Å²) in [5.41, 5.74) is 3.60. The van der Waals surface area contributed by atoms with Crippen LogP contribution in [0.3, 0.4) is 0 Å². The van der Waals surface area contributed by atoms with Crippen LogP contribution in [-0.2, 0) is 6.54 Å². The van der Waals surface area contributed by atoms with Crippen molar-refractivity contribution < 1.29 is 4.79 Å². The molecule has 2 N–H and O–H groups in total. The summed E-state index contributed by atoms with van der Waals surface area (Å²) < 4.78 is 2.83. The van der Waals surface area contributed by atoms with E-state index in [1.165, 1.54) is 0 Å². The Morgan fingerprint density at radius 3 is 2.81 bits per heavy atom. The summed E-state index contributed by atoms with van der Waals surface area (Å²) in [6.45, 7) is 3.90. The zero-order chi connectivity index (χ0) is 18.4. The third-order valence-corrected chi connectivity index (χ3v) is 5.20. The second kappa shape index (κ2) is 6.39. The second-order valence-electron chi connectivity index (χ2n) is 6.83. The first-order chi connectivity index (χ1) is 12.4. The Hall–Kier alpha value is -2.41. The lowest BCUT2D eigenvalue weighted by Crippen LogP contribution is -2.28. The molecule has 1 saturated carbocycles. The molecule has 134 valence electrons. The maximum atomic E-state index is 12.8. The molecule has 0 unspecified atom stereocenters. The van der Waals surface area contributed by atoms with Crippen molar-refractivity contribution in [3.63, 3.8) is 0 Å². The molecule has 0 spiro atoms. The predicted molar refractivity (Wildman–Crippen MR) is 103 cm³/mol. The molecule has 0 aliphatic heterocycles. The molecule has 1 aliphatic rings. The summed E-state index contributed by atoms with van der Waals surface area (Å²) in [5, 5.41) is 8.16.